The van der Waals surface area contributed by atoms with Crippen LogP contribution in [0.3, 0.4) is 0 Å². The Hall–Kier alpha value is -1.81. The van der Waals surface area contributed by atoms with Crippen molar-refractivity contribution in [2.75, 3.05) is 24.7 Å². The minimum atomic E-state index is -4.41. The third-order valence-electron chi connectivity index (χ3n) is 5.51. The van der Waals surface area contributed by atoms with Gasteiger partial charge < -0.3 is 19.4 Å². The molecular weight excluding hydrogens is 483 g/mol. The molecule has 2 aromatic rings. The molecule has 1 heterocycles. The van der Waals surface area contributed by atoms with Gasteiger partial charge in [0.25, 0.3) is 0 Å². The molecule has 0 bridgehead atoms. The summed E-state index contributed by atoms with van der Waals surface area (Å²) >= 11 is 1.36. The van der Waals surface area contributed by atoms with Crippen LogP contribution in [0.15, 0.2) is 64.3 Å². The minimum Gasteiger partial charge on any atom is -0.463 e. The number of ether oxygens (including phenoxy) is 1. The van der Waals surface area contributed by atoms with Crippen molar-refractivity contribution in [2.24, 2.45) is 0 Å². The molecule has 8 nitrogen and oxygen atoms in total. The van der Waals surface area contributed by atoms with Crippen molar-refractivity contribution in [2.45, 2.75) is 42.0 Å². The number of benzene rings is 2. The third kappa shape index (κ3) is 6.01. The van der Waals surface area contributed by atoms with Gasteiger partial charge in [0, 0.05) is 31.4 Å². The molecule has 0 fully saturated rings. The Morgan fingerprint density at radius 1 is 1.24 bits per heavy atom. The predicted octanol–water partition coefficient (Wildman–Crippen LogP) is 4.77. The fourth-order valence-electron chi connectivity index (χ4n) is 3.72. The fraction of sp³-hybridized carbons (Fsp3) is 0.364. The van der Waals surface area contributed by atoms with Crippen LogP contribution in [-0.2, 0) is 14.6 Å². The highest BCUT2D eigenvalue weighted by Crippen LogP contribution is 2.44. The molecule has 0 aromatic heterocycles. The number of hydrogen-bond donors (Lipinski definition) is 2. The molecule has 0 saturated heterocycles. The van der Waals surface area contributed by atoms with Gasteiger partial charge in [-0.05, 0) is 30.9 Å². The van der Waals surface area contributed by atoms with Gasteiger partial charge in [-0.1, -0.05) is 38.0 Å². The Labute approximate surface area is 199 Å². The van der Waals surface area contributed by atoms with Gasteiger partial charge in [-0.3, -0.25) is 4.57 Å². The van der Waals surface area contributed by atoms with Crippen LogP contribution >= 0.6 is 19.4 Å². The van der Waals surface area contributed by atoms with Crippen LogP contribution in [0.2, 0.25) is 0 Å². The van der Waals surface area contributed by atoms with Gasteiger partial charge in [-0.2, -0.15) is 4.31 Å². The van der Waals surface area contributed by atoms with E-state index in [1.807, 2.05) is 41.5 Å². The van der Waals surface area contributed by atoms with E-state index in [9.17, 15) is 13.0 Å². The normalized spacial score (nSPS) is 18.8. The summed E-state index contributed by atoms with van der Waals surface area (Å²) in [5.41, 5.74) is 1.43. The Balaban J connectivity index is 2.19. The van der Waals surface area contributed by atoms with Crippen molar-refractivity contribution >= 4 is 40.8 Å². The summed E-state index contributed by atoms with van der Waals surface area (Å²) in [6, 6.07) is 12.6. The standard InChI is InChI=1S/C22H29N2O6PS2/c1-4-5-9-18-16-24(17-10-7-6-8-11-17)19-14-21(32-3)20(30-12-13-31(25,26)27)15-22(19)33(28,29)23(18)2/h6-8,10-15,18H,4-5,9,16H2,1-3H3,(H2,25,26,27). The molecule has 0 aliphatic carbocycles. The van der Waals surface area contributed by atoms with E-state index in [4.69, 9.17) is 14.5 Å². The summed E-state index contributed by atoms with van der Waals surface area (Å²) < 4.78 is 45.3. The van der Waals surface area contributed by atoms with E-state index in [1.165, 1.54) is 22.1 Å². The highest BCUT2D eigenvalue weighted by atomic mass is 32.2. The van der Waals surface area contributed by atoms with Gasteiger partial charge in [0.1, 0.15) is 10.6 Å². The van der Waals surface area contributed by atoms with Gasteiger partial charge in [0.05, 0.1) is 22.7 Å². The molecule has 0 amide bonds. The predicted molar refractivity (Wildman–Crippen MR) is 132 cm³/mol. The maximum Gasteiger partial charge on any atom is 0.352 e. The van der Waals surface area contributed by atoms with Gasteiger partial charge in [0.15, 0.2) is 0 Å². The van der Waals surface area contributed by atoms with Gasteiger partial charge in [-0.15, -0.1) is 11.8 Å². The van der Waals surface area contributed by atoms with Crippen LogP contribution < -0.4 is 9.64 Å². The Morgan fingerprint density at radius 2 is 1.94 bits per heavy atom. The number of anilines is 2. The lowest BCUT2D eigenvalue weighted by Gasteiger charge is -2.29. The molecular formula is C22H29N2O6PS2. The smallest absolute Gasteiger partial charge is 0.352 e. The Bertz CT molecular complexity index is 1150. The van der Waals surface area contributed by atoms with Gasteiger partial charge in [-0.25, -0.2) is 8.42 Å². The highest BCUT2D eigenvalue weighted by molar-refractivity contribution is 7.98. The first-order valence-electron chi connectivity index (χ1n) is 10.5. The van der Waals surface area contributed by atoms with E-state index >= 15 is 0 Å². The summed E-state index contributed by atoms with van der Waals surface area (Å²) in [6.07, 6.45) is 5.32. The second kappa shape index (κ2) is 10.6. The second-order valence-corrected chi connectivity index (χ2v) is 12.0. The molecule has 1 aliphatic rings. The highest BCUT2D eigenvalue weighted by Gasteiger charge is 2.37. The van der Waals surface area contributed by atoms with Crippen LogP contribution in [-0.4, -0.2) is 48.4 Å². The largest absolute Gasteiger partial charge is 0.463 e. The first kappa shape index (κ1) is 25.8. The molecule has 11 heteroatoms. The zero-order valence-electron chi connectivity index (χ0n) is 18.8. The summed E-state index contributed by atoms with van der Waals surface area (Å²) in [6.45, 7) is 2.58. The van der Waals surface area contributed by atoms with Crippen molar-refractivity contribution in [3.05, 3.63) is 54.5 Å². The van der Waals surface area contributed by atoms with Crippen LogP contribution in [0.25, 0.3) is 0 Å². The van der Waals surface area contributed by atoms with Crippen molar-refractivity contribution in [3.8, 4) is 5.75 Å². The number of para-hydroxylation sites is 1. The molecule has 0 spiro atoms. The Kier molecular flexibility index (Phi) is 8.31. The zero-order chi connectivity index (χ0) is 24.2. The minimum absolute atomic E-state index is 0.0882. The van der Waals surface area contributed by atoms with E-state index in [0.29, 0.717) is 22.9 Å². The number of likely N-dealkylation sites (N-methyl/N-ethyl adjacent to an activating group) is 1. The van der Waals surface area contributed by atoms with Crippen LogP contribution in [0.1, 0.15) is 26.2 Å². The molecule has 0 saturated carbocycles. The van der Waals surface area contributed by atoms with Crippen molar-refractivity contribution in [1.29, 1.82) is 0 Å². The molecule has 33 heavy (non-hydrogen) atoms. The number of rotatable bonds is 8. The molecule has 0 radical (unpaired) electrons. The molecule has 1 atom stereocenters. The van der Waals surface area contributed by atoms with Gasteiger partial charge >= 0.3 is 7.60 Å². The van der Waals surface area contributed by atoms with E-state index in [2.05, 4.69) is 6.92 Å². The van der Waals surface area contributed by atoms with Gasteiger partial charge in [0.2, 0.25) is 10.0 Å². The first-order valence-corrected chi connectivity index (χ1v) is 14.9. The number of thioether (sulfide) groups is 1. The average Bonchev–Trinajstić information content (AvgIpc) is 2.85. The van der Waals surface area contributed by atoms with Crippen LogP contribution in [0.4, 0.5) is 11.4 Å². The quantitative estimate of drug-likeness (QED) is 0.296. The Morgan fingerprint density at radius 3 is 2.55 bits per heavy atom. The van der Waals surface area contributed by atoms with Crippen LogP contribution in [0.5, 0.6) is 5.75 Å². The SMILES string of the molecule is CCCCC1CN(c2ccccc2)c2cc(SC)c(OC=CP(=O)(O)O)cc2S(=O)(=O)N1C. The van der Waals surface area contributed by atoms with Crippen molar-refractivity contribution in [1.82, 2.24) is 4.31 Å². The van der Waals surface area contributed by atoms with Crippen molar-refractivity contribution in [3.63, 3.8) is 0 Å². The van der Waals surface area contributed by atoms with Crippen LogP contribution in [0, 0.1) is 0 Å². The summed E-state index contributed by atoms with van der Waals surface area (Å²) in [5, 5.41) is 0. The molecule has 3 rings (SSSR count). The topological polar surface area (TPSA) is 107 Å². The van der Waals surface area contributed by atoms with E-state index in [1.54, 1.807) is 13.1 Å². The number of fused-ring (bicyclic) bond motifs is 1. The average molecular weight is 513 g/mol. The molecule has 2 N–H and O–H groups in total. The second-order valence-electron chi connectivity index (χ2n) is 7.73. The maximum atomic E-state index is 13.7. The summed E-state index contributed by atoms with van der Waals surface area (Å²) in [5.74, 6) is 0.850. The first-order chi connectivity index (χ1) is 15.6. The molecule has 2 aromatic carbocycles. The lowest BCUT2D eigenvalue weighted by Crippen LogP contribution is -2.40. The number of nitrogens with zero attached hydrogens (tertiary/aromatic N) is 2. The van der Waals surface area contributed by atoms with Crippen molar-refractivity contribution < 1.29 is 27.5 Å². The summed E-state index contributed by atoms with van der Waals surface area (Å²) in [4.78, 5) is 20.9. The lowest BCUT2D eigenvalue weighted by molar-refractivity contribution is 0.351. The van der Waals surface area contributed by atoms with E-state index < -0.39 is 17.6 Å². The number of unbranched alkanes of at least 4 members (excludes halogenated alkanes) is 1. The molecule has 1 aliphatic heterocycles. The zero-order valence-corrected chi connectivity index (χ0v) is 21.3. The van der Waals surface area contributed by atoms with E-state index in [-0.39, 0.29) is 16.7 Å². The maximum absolute atomic E-state index is 13.7. The molecule has 180 valence electrons. The monoisotopic (exact) mass is 512 g/mol. The molecule has 1 unspecified atom stereocenters. The fourth-order valence-corrected chi connectivity index (χ4v) is 6.04. The van der Waals surface area contributed by atoms with E-state index in [0.717, 1.165) is 31.2 Å². The summed E-state index contributed by atoms with van der Waals surface area (Å²) in [7, 11) is -6.66. The number of sulfonamides is 1. The lowest BCUT2D eigenvalue weighted by atomic mass is 10.1. The number of hydrogen-bond acceptors (Lipinski definition) is 6. The third-order valence-corrected chi connectivity index (χ3v) is 8.72.